The van der Waals surface area contributed by atoms with Crippen LogP contribution in [0.5, 0.6) is 0 Å². The lowest BCUT2D eigenvalue weighted by Crippen LogP contribution is -2.51. The molecule has 0 saturated carbocycles. The van der Waals surface area contributed by atoms with Gasteiger partial charge in [0.1, 0.15) is 0 Å². The van der Waals surface area contributed by atoms with E-state index in [-0.39, 0.29) is 11.9 Å². The summed E-state index contributed by atoms with van der Waals surface area (Å²) in [7, 11) is 1.47. The van der Waals surface area contributed by atoms with Crippen LogP contribution in [0.4, 0.5) is 0 Å². The Bertz CT molecular complexity index is 810. The Kier molecular flexibility index (Phi) is 3.68. The van der Waals surface area contributed by atoms with Gasteiger partial charge < -0.3 is 9.72 Å². The molecule has 5 nitrogen and oxygen atoms in total. The van der Waals surface area contributed by atoms with E-state index in [0.29, 0.717) is 17.7 Å². The molecule has 1 aromatic carbocycles. The molecule has 2 heterocycles. The van der Waals surface area contributed by atoms with Gasteiger partial charge in [-0.05, 0) is 36.6 Å². The van der Waals surface area contributed by atoms with E-state index >= 15 is 0 Å². The third-order valence-corrected chi connectivity index (χ3v) is 5.79. The summed E-state index contributed by atoms with van der Waals surface area (Å²) >= 11 is 0. The fourth-order valence-electron chi connectivity index (χ4n) is 4.71. The molecule has 1 fully saturated rings. The average Bonchev–Trinajstić information content (AvgIpc) is 2.99. The highest BCUT2D eigenvalue weighted by atomic mass is 16.5. The van der Waals surface area contributed by atoms with Crippen LogP contribution in [0.15, 0.2) is 18.2 Å². The minimum absolute atomic E-state index is 0.0857. The smallest absolute Gasteiger partial charge is 0.309 e. The molecule has 5 heteroatoms. The molecule has 0 radical (unpaired) electrons. The SMILES string of the molecule is CCN1C[C@H](C(=O)OC)C[C@@H]2c3cccc4[nH]c(C=O)c(c34)C[C@H]21. The minimum Gasteiger partial charge on any atom is -0.469 e. The number of piperidine rings is 1. The summed E-state index contributed by atoms with van der Waals surface area (Å²) in [4.78, 5) is 29.2. The van der Waals surface area contributed by atoms with Crippen LogP contribution in [0.2, 0.25) is 0 Å². The number of likely N-dealkylation sites (tertiary alicyclic amines) is 1. The van der Waals surface area contributed by atoms with Crippen molar-refractivity contribution in [3.05, 3.63) is 35.0 Å². The van der Waals surface area contributed by atoms with Crippen molar-refractivity contribution in [1.29, 1.82) is 0 Å². The summed E-state index contributed by atoms with van der Waals surface area (Å²) < 4.78 is 5.01. The monoisotopic (exact) mass is 326 g/mol. The molecule has 4 rings (SSSR count). The number of carbonyl (C=O) groups excluding carboxylic acids is 2. The zero-order valence-electron chi connectivity index (χ0n) is 14.0. The number of fused-ring (bicyclic) bond motifs is 2. The maximum atomic E-state index is 12.1. The molecule has 3 atom stereocenters. The van der Waals surface area contributed by atoms with Crippen molar-refractivity contribution < 1.29 is 14.3 Å². The highest BCUT2D eigenvalue weighted by Gasteiger charge is 2.43. The lowest BCUT2D eigenvalue weighted by molar-refractivity contribution is -0.148. The fraction of sp³-hybridized carbons (Fsp3) is 0.474. The number of nitrogens with zero attached hydrogens (tertiary/aromatic N) is 1. The number of ether oxygens (including phenoxy) is 1. The summed E-state index contributed by atoms with van der Waals surface area (Å²) in [6, 6.07) is 6.54. The Hall–Kier alpha value is -2.14. The van der Waals surface area contributed by atoms with E-state index in [1.807, 2.05) is 12.1 Å². The summed E-state index contributed by atoms with van der Waals surface area (Å²) in [5.41, 5.74) is 4.11. The molecule has 0 bridgehead atoms. The number of hydrogen-bond acceptors (Lipinski definition) is 4. The zero-order chi connectivity index (χ0) is 16.8. The molecule has 2 aliphatic rings. The summed E-state index contributed by atoms with van der Waals surface area (Å²) in [5, 5.41) is 1.18. The first-order valence-electron chi connectivity index (χ1n) is 8.58. The van der Waals surface area contributed by atoms with Crippen molar-refractivity contribution >= 4 is 23.2 Å². The van der Waals surface area contributed by atoms with E-state index in [4.69, 9.17) is 4.74 Å². The number of aldehydes is 1. The van der Waals surface area contributed by atoms with Crippen LogP contribution in [-0.2, 0) is 16.0 Å². The number of carbonyl (C=O) groups is 2. The van der Waals surface area contributed by atoms with Gasteiger partial charge in [-0.1, -0.05) is 19.1 Å². The van der Waals surface area contributed by atoms with Crippen LogP contribution in [0.1, 0.15) is 40.9 Å². The van der Waals surface area contributed by atoms with E-state index in [1.165, 1.54) is 18.1 Å². The quantitative estimate of drug-likeness (QED) is 0.695. The maximum absolute atomic E-state index is 12.1. The van der Waals surface area contributed by atoms with Crippen molar-refractivity contribution in [3.63, 3.8) is 0 Å². The van der Waals surface area contributed by atoms with Gasteiger partial charge in [-0.2, -0.15) is 0 Å². The summed E-state index contributed by atoms with van der Waals surface area (Å²) in [6.07, 6.45) is 2.60. The van der Waals surface area contributed by atoms with Gasteiger partial charge in [-0.15, -0.1) is 0 Å². The number of likely N-dealkylation sites (N-methyl/N-ethyl adjacent to an activating group) is 1. The van der Waals surface area contributed by atoms with Crippen LogP contribution in [0.3, 0.4) is 0 Å². The zero-order valence-corrected chi connectivity index (χ0v) is 14.0. The van der Waals surface area contributed by atoms with Crippen LogP contribution >= 0.6 is 0 Å². The van der Waals surface area contributed by atoms with Crippen molar-refractivity contribution in [1.82, 2.24) is 9.88 Å². The lowest BCUT2D eigenvalue weighted by Gasteiger charge is -2.46. The van der Waals surface area contributed by atoms with E-state index in [2.05, 4.69) is 22.9 Å². The molecule has 1 N–H and O–H groups in total. The first-order chi connectivity index (χ1) is 11.7. The largest absolute Gasteiger partial charge is 0.469 e. The van der Waals surface area contributed by atoms with Gasteiger partial charge in [0.2, 0.25) is 0 Å². The van der Waals surface area contributed by atoms with Crippen molar-refractivity contribution in [3.8, 4) is 0 Å². The number of methoxy groups -OCH3 is 1. The van der Waals surface area contributed by atoms with E-state index in [1.54, 1.807) is 0 Å². The van der Waals surface area contributed by atoms with Crippen molar-refractivity contribution in [2.24, 2.45) is 5.92 Å². The van der Waals surface area contributed by atoms with Gasteiger partial charge >= 0.3 is 5.97 Å². The summed E-state index contributed by atoms with van der Waals surface area (Å²) in [5.74, 6) is 0.0966. The van der Waals surface area contributed by atoms with Crippen LogP contribution in [-0.4, -0.2) is 48.4 Å². The second-order valence-electron chi connectivity index (χ2n) is 6.83. The molecule has 2 aromatic rings. The molecule has 1 aliphatic carbocycles. The number of esters is 1. The van der Waals surface area contributed by atoms with Gasteiger partial charge in [0.15, 0.2) is 6.29 Å². The number of benzene rings is 1. The second kappa shape index (κ2) is 5.74. The van der Waals surface area contributed by atoms with Crippen LogP contribution in [0.25, 0.3) is 10.9 Å². The van der Waals surface area contributed by atoms with Gasteiger partial charge in [-0.3, -0.25) is 14.5 Å². The summed E-state index contributed by atoms with van der Waals surface area (Å²) in [6.45, 7) is 3.75. The molecule has 1 aliphatic heterocycles. The van der Waals surface area contributed by atoms with E-state index in [0.717, 1.165) is 43.3 Å². The molecular weight excluding hydrogens is 304 g/mol. The number of aromatic nitrogens is 1. The molecule has 0 spiro atoms. The Morgan fingerprint density at radius 2 is 2.29 bits per heavy atom. The first-order valence-corrected chi connectivity index (χ1v) is 8.58. The van der Waals surface area contributed by atoms with Crippen molar-refractivity contribution in [2.75, 3.05) is 20.2 Å². The molecule has 24 heavy (non-hydrogen) atoms. The minimum atomic E-state index is -0.118. The third kappa shape index (κ3) is 2.11. The molecule has 126 valence electrons. The second-order valence-corrected chi connectivity index (χ2v) is 6.83. The number of hydrogen-bond donors (Lipinski definition) is 1. The Balaban J connectivity index is 1.84. The Morgan fingerprint density at radius 1 is 1.46 bits per heavy atom. The average molecular weight is 326 g/mol. The molecule has 0 amide bonds. The van der Waals surface area contributed by atoms with Gasteiger partial charge in [0.05, 0.1) is 18.7 Å². The molecule has 1 aromatic heterocycles. The van der Waals surface area contributed by atoms with Gasteiger partial charge in [0, 0.05) is 29.4 Å². The standard InChI is InChI=1S/C19H22N2O3/c1-3-21-9-11(19(23)24-2)7-13-12-5-4-6-15-18(12)14(8-17(13)21)16(10-22)20-15/h4-6,10-11,13,17,20H,3,7-9H2,1-2H3/t11-,13-,17-/m1/s1. The molecule has 0 unspecified atom stereocenters. The Labute approximate surface area is 141 Å². The van der Waals surface area contributed by atoms with Crippen molar-refractivity contribution in [2.45, 2.75) is 31.7 Å². The van der Waals surface area contributed by atoms with Gasteiger partial charge in [0.25, 0.3) is 0 Å². The predicted molar refractivity (Wildman–Crippen MR) is 91.3 cm³/mol. The Morgan fingerprint density at radius 3 is 3.00 bits per heavy atom. The number of nitrogens with one attached hydrogen (secondary N) is 1. The topological polar surface area (TPSA) is 62.4 Å². The maximum Gasteiger partial charge on any atom is 0.309 e. The lowest BCUT2D eigenvalue weighted by atomic mass is 9.72. The van der Waals surface area contributed by atoms with Gasteiger partial charge in [-0.25, -0.2) is 0 Å². The van der Waals surface area contributed by atoms with E-state index in [9.17, 15) is 9.59 Å². The normalized spacial score (nSPS) is 26.2. The number of rotatable bonds is 3. The number of aromatic amines is 1. The number of H-pyrrole nitrogens is 1. The molecule has 1 saturated heterocycles. The molecular formula is C19H22N2O3. The van der Waals surface area contributed by atoms with Crippen LogP contribution in [0, 0.1) is 5.92 Å². The van der Waals surface area contributed by atoms with Crippen LogP contribution < -0.4 is 0 Å². The highest BCUT2D eigenvalue weighted by Crippen LogP contribution is 2.45. The highest BCUT2D eigenvalue weighted by molar-refractivity contribution is 5.95. The predicted octanol–water partition coefficient (Wildman–Crippen LogP) is 2.50. The fourth-order valence-corrected chi connectivity index (χ4v) is 4.71. The first kappa shape index (κ1) is 15.4. The third-order valence-electron chi connectivity index (χ3n) is 5.79. The van der Waals surface area contributed by atoms with E-state index < -0.39 is 0 Å².